The Bertz CT molecular complexity index is 1370. The SMILES string of the molecule is C[Si](C)(C)C#Cc1ccc2oc3cc4c(cc3c2c1)oc1ccccc14. The average Bonchev–Trinajstić information content (AvgIpc) is 3.14. The van der Waals surface area contributed by atoms with E-state index in [1.54, 1.807) is 0 Å². The zero-order valence-corrected chi connectivity index (χ0v) is 16.0. The molecule has 3 aromatic carbocycles. The highest BCUT2D eigenvalue weighted by atomic mass is 28.3. The normalized spacial score (nSPS) is 12.1. The summed E-state index contributed by atoms with van der Waals surface area (Å²) in [7, 11) is -1.40. The number of furan rings is 2. The Morgan fingerprint density at radius 2 is 1.27 bits per heavy atom. The van der Waals surface area contributed by atoms with Crippen LogP contribution in [0.15, 0.2) is 63.4 Å². The molecular weight excluding hydrogens is 336 g/mol. The van der Waals surface area contributed by atoms with Crippen LogP contribution in [-0.2, 0) is 0 Å². The highest BCUT2D eigenvalue weighted by molar-refractivity contribution is 6.83. The molecule has 0 aliphatic heterocycles. The van der Waals surface area contributed by atoms with E-state index in [9.17, 15) is 0 Å². The van der Waals surface area contributed by atoms with Gasteiger partial charge in [0.15, 0.2) is 0 Å². The molecular formula is C23H18O2Si. The van der Waals surface area contributed by atoms with Gasteiger partial charge < -0.3 is 8.83 Å². The predicted octanol–water partition coefficient (Wildman–Crippen LogP) is 6.71. The van der Waals surface area contributed by atoms with Crippen LogP contribution in [0.2, 0.25) is 19.6 Å². The summed E-state index contributed by atoms with van der Waals surface area (Å²) in [6.45, 7) is 6.76. The van der Waals surface area contributed by atoms with Gasteiger partial charge in [-0.05, 0) is 36.4 Å². The first-order valence-electron chi connectivity index (χ1n) is 8.79. The maximum absolute atomic E-state index is 6.10. The molecule has 0 saturated carbocycles. The summed E-state index contributed by atoms with van der Waals surface area (Å²) >= 11 is 0. The van der Waals surface area contributed by atoms with Gasteiger partial charge in [0.05, 0.1) is 0 Å². The number of hydrogen-bond donors (Lipinski definition) is 0. The summed E-state index contributed by atoms with van der Waals surface area (Å²) in [5, 5.41) is 4.37. The highest BCUT2D eigenvalue weighted by Gasteiger charge is 2.13. The maximum atomic E-state index is 6.10. The fourth-order valence-corrected chi connectivity index (χ4v) is 3.85. The Balaban J connectivity index is 1.78. The molecule has 3 heteroatoms. The minimum atomic E-state index is -1.40. The first-order valence-corrected chi connectivity index (χ1v) is 12.3. The van der Waals surface area contributed by atoms with E-state index >= 15 is 0 Å². The van der Waals surface area contributed by atoms with Crippen LogP contribution < -0.4 is 0 Å². The van der Waals surface area contributed by atoms with Crippen LogP contribution in [0.4, 0.5) is 0 Å². The largest absolute Gasteiger partial charge is 0.456 e. The molecule has 0 amide bonds. The second-order valence-electron chi connectivity index (χ2n) is 7.76. The molecule has 0 radical (unpaired) electrons. The molecule has 0 atom stereocenters. The van der Waals surface area contributed by atoms with Crippen LogP contribution in [0.25, 0.3) is 43.9 Å². The van der Waals surface area contributed by atoms with Gasteiger partial charge in [-0.25, -0.2) is 0 Å². The summed E-state index contributed by atoms with van der Waals surface area (Å²) in [4.78, 5) is 0. The van der Waals surface area contributed by atoms with Crippen LogP contribution in [0.1, 0.15) is 5.56 Å². The van der Waals surface area contributed by atoms with Gasteiger partial charge >= 0.3 is 0 Å². The van der Waals surface area contributed by atoms with Crippen LogP contribution in [0, 0.1) is 11.5 Å². The summed E-state index contributed by atoms with van der Waals surface area (Å²) < 4.78 is 12.1. The van der Waals surface area contributed by atoms with Crippen LogP contribution >= 0.6 is 0 Å². The van der Waals surface area contributed by atoms with Crippen molar-refractivity contribution in [1.29, 1.82) is 0 Å². The first-order chi connectivity index (χ1) is 12.5. The quantitative estimate of drug-likeness (QED) is 0.228. The molecule has 0 N–H and O–H groups in total. The Labute approximate surface area is 152 Å². The van der Waals surface area contributed by atoms with Crippen molar-refractivity contribution in [2.75, 3.05) is 0 Å². The van der Waals surface area contributed by atoms with Crippen molar-refractivity contribution < 1.29 is 8.83 Å². The van der Waals surface area contributed by atoms with E-state index in [2.05, 4.69) is 55.4 Å². The molecule has 5 aromatic rings. The number of para-hydroxylation sites is 1. The lowest BCUT2D eigenvalue weighted by Gasteiger charge is -2.03. The Morgan fingerprint density at radius 3 is 2.00 bits per heavy atom. The van der Waals surface area contributed by atoms with Crippen molar-refractivity contribution in [3.8, 4) is 11.5 Å². The highest BCUT2D eigenvalue weighted by Crippen LogP contribution is 2.36. The fraction of sp³-hybridized carbons (Fsp3) is 0.130. The predicted molar refractivity (Wildman–Crippen MR) is 111 cm³/mol. The van der Waals surface area contributed by atoms with Crippen LogP contribution in [0.3, 0.4) is 0 Å². The fourth-order valence-electron chi connectivity index (χ4n) is 3.33. The summed E-state index contributed by atoms with van der Waals surface area (Å²) in [5.41, 5.74) is 8.03. The van der Waals surface area contributed by atoms with Gasteiger partial charge in [0.25, 0.3) is 0 Å². The molecule has 0 fully saturated rings. The molecule has 0 aliphatic rings. The van der Waals surface area contributed by atoms with Gasteiger partial charge in [0.1, 0.15) is 30.4 Å². The molecule has 26 heavy (non-hydrogen) atoms. The standard InChI is InChI=1S/C23H18O2Si/c1-26(2,3)11-10-15-8-9-21-17(12-15)19-14-22-18(13-23(19)25-21)16-6-4-5-7-20(16)24-22/h4-9,12-14H,1-3H3. The lowest BCUT2D eigenvalue weighted by atomic mass is 10.1. The van der Waals surface area contributed by atoms with Crippen molar-refractivity contribution in [2.24, 2.45) is 0 Å². The summed E-state index contributed by atoms with van der Waals surface area (Å²) in [6.07, 6.45) is 0. The number of benzene rings is 3. The minimum Gasteiger partial charge on any atom is -0.456 e. The molecule has 0 spiro atoms. The zero-order valence-electron chi connectivity index (χ0n) is 15.0. The van der Waals surface area contributed by atoms with E-state index in [1.807, 2.05) is 30.3 Å². The molecule has 0 unspecified atom stereocenters. The minimum absolute atomic E-state index is 0.884. The molecule has 0 aliphatic carbocycles. The van der Waals surface area contributed by atoms with E-state index in [0.717, 1.165) is 49.4 Å². The van der Waals surface area contributed by atoms with Gasteiger partial charge in [-0.15, -0.1) is 5.54 Å². The Morgan fingerprint density at radius 1 is 0.654 bits per heavy atom. The number of fused-ring (bicyclic) bond motifs is 6. The van der Waals surface area contributed by atoms with Crippen molar-refractivity contribution in [1.82, 2.24) is 0 Å². The molecule has 2 aromatic heterocycles. The van der Waals surface area contributed by atoms with Gasteiger partial charge in [-0.1, -0.05) is 43.8 Å². The summed E-state index contributed by atoms with van der Waals surface area (Å²) in [6, 6.07) is 18.5. The molecule has 0 saturated heterocycles. The van der Waals surface area contributed by atoms with Crippen LogP contribution in [-0.4, -0.2) is 8.07 Å². The number of hydrogen-bond acceptors (Lipinski definition) is 2. The lowest BCUT2D eigenvalue weighted by Crippen LogP contribution is -2.16. The van der Waals surface area contributed by atoms with Crippen molar-refractivity contribution in [3.63, 3.8) is 0 Å². The van der Waals surface area contributed by atoms with Gasteiger partial charge in [-0.3, -0.25) is 0 Å². The third kappa shape index (κ3) is 2.42. The topological polar surface area (TPSA) is 26.3 Å². The van der Waals surface area contributed by atoms with Crippen molar-refractivity contribution in [3.05, 3.63) is 60.2 Å². The first kappa shape index (κ1) is 15.3. The van der Waals surface area contributed by atoms with Gasteiger partial charge in [0.2, 0.25) is 0 Å². The van der Waals surface area contributed by atoms with Crippen molar-refractivity contribution >= 4 is 52.0 Å². The van der Waals surface area contributed by atoms with Gasteiger partial charge in [-0.2, -0.15) is 0 Å². The Hall–Kier alpha value is -2.96. The van der Waals surface area contributed by atoms with E-state index in [4.69, 9.17) is 8.83 Å². The third-order valence-electron chi connectivity index (χ3n) is 4.55. The molecule has 5 rings (SSSR count). The molecule has 126 valence electrons. The maximum Gasteiger partial charge on any atom is 0.136 e. The number of rotatable bonds is 0. The summed E-state index contributed by atoms with van der Waals surface area (Å²) in [5.74, 6) is 3.34. The lowest BCUT2D eigenvalue weighted by molar-refractivity contribution is 0.664. The van der Waals surface area contributed by atoms with Gasteiger partial charge in [0, 0.05) is 27.1 Å². The molecule has 0 bridgehead atoms. The van der Waals surface area contributed by atoms with E-state index in [-0.39, 0.29) is 0 Å². The molecule has 2 nitrogen and oxygen atoms in total. The smallest absolute Gasteiger partial charge is 0.136 e. The zero-order chi connectivity index (χ0) is 17.9. The monoisotopic (exact) mass is 354 g/mol. The second-order valence-corrected chi connectivity index (χ2v) is 12.5. The second kappa shape index (κ2) is 5.27. The van der Waals surface area contributed by atoms with E-state index < -0.39 is 8.07 Å². The van der Waals surface area contributed by atoms with E-state index in [1.165, 1.54) is 0 Å². The van der Waals surface area contributed by atoms with Crippen molar-refractivity contribution in [2.45, 2.75) is 19.6 Å². The molecule has 2 heterocycles. The Kier molecular flexibility index (Phi) is 3.10. The van der Waals surface area contributed by atoms with E-state index in [0.29, 0.717) is 0 Å². The average molecular weight is 354 g/mol. The third-order valence-corrected chi connectivity index (χ3v) is 5.43. The van der Waals surface area contributed by atoms with Crippen LogP contribution in [0.5, 0.6) is 0 Å².